The van der Waals surface area contributed by atoms with E-state index in [1.54, 1.807) is 18.2 Å². The SMILES string of the molecule is CC(C)=CCC/C(C)=C/CC/C(C)=C/CC/C(C)=C/CC/C(C)=C/CC/C(C)=C/CC1=CC(O)C=CC1O. The van der Waals surface area contributed by atoms with Crippen molar-refractivity contribution in [1.29, 1.82) is 0 Å². The van der Waals surface area contributed by atoms with Gasteiger partial charge in [-0.3, -0.25) is 0 Å². The van der Waals surface area contributed by atoms with Crippen LogP contribution in [-0.4, -0.2) is 22.4 Å². The molecule has 38 heavy (non-hydrogen) atoms. The van der Waals surface area contributed by atoms with Gasteiger partial charge in [0, 0.05) is 0 Å². The van der Waals surface area contributed by atoms with Crippen molar-refractivity contribution >= 4 is 0 Å². The Morgan fingerprint density at radius 2 is 0.921 bits per heavy atom. The summed E-state index contributed by atoms with van der Waals surface area (Å²) in [6.45, 7) is 15.5. The third-order valence-corrected chi connectivity index (χ3v) is 7.16. The van der Waals surface area contributed by atoms with Gasteiger partial charge < -0.3 is 10.2 Å². The fourth-order valence-electron chi connectivity index (χ4n) is 4.48. The molecule has 0 amide bonds. The highest BCUT2D eigenvalue weighted by molar-refractivity contribution is 5.27. The predicted octanol–water partition coefficient (Wildman–Crippen LogP) is 10.2. The molecular formula is C36H56O2. The van der Waals surface area contributed by atoms with Crippen molar-refractivity contribution in [2.45, 2.75) is 131 Å². The summed E-state index contributed by atoms with van der Waals surface area (Å²) in [5.41, 5.74) is 9.60. The van der Waals surface area contributed by atoms with E-state index < -0.39 is 12.2 Å². The summed E-state index contributed by atoms with van der Waals surface area (Å²) in [6, 6.07) is 0. The Morgan fingerprint density at radius 3 is 1.32 bits per heavy atom. The minimum atomic E-state index is -0.574. The largest absolute Gasteiger partial charge is 0.385 e. The lowest BCUT2D eigenvalue weighted by atomic mass is 9.97. The molecule has 0 saturated carbocycles. The van der Waals surface area contributed by atoms with Crippen LogP contribution in [0.15, 0.2) is 93.7 Å². The van der Waals surface area contributed by atoms with E-state index >= 15 is 0 Å². The maximum Gasteiger partial charge on any atom is 0.0936 e. The second kappa shape index (κ2) is 19.8. The molecule has 1 aliphatic carbocycles. The lowest BCUT2D eigenvalue weighted by Crippen LogP contribution is -2.15. The topological polar surface area (TPSA) is 40.5 Å². The van der Waals surface area contributed by atoms with Crippen LogP contribution in [0.1, 0.15) is 119 Å². The highest BCUT2D eigenvalue weighted by atomic mass is 16.3. The molecule has 2 heteroatoms. The summed E-state index contributed by atoms with van der Waals surface area (Å²) in [5.74, 6) is 0. The minimum absolute atomic E-state index is 0.569. The number of allylic oxidation sites excluding steroid dienone is 12. The Hall–Kier alpha value is -2.16. The Bertz CT molecular complexity index is 942. The summed E-state index contributed by atoms with van der Waals surface area (Å²) in [6.07, 6.45) is 30.0. The first kappa shape index (κ1) is 33.9. The zero-order chi connectivity index (χ0) is 28.3. The first-order chi connectivity index (χ1) is 18.1. The minimum Gasteiger partial charge on any atom is -0.385 e. The van der Waals surface area contributed by atoms with Gasteiger partial charge in [0.15, 0.2) is 0 Å². The van der Waals surface area contributed by atoms with Crippen LogP contribution in [0.5, 0.6) is 0 Å². The highest BCUT2D eigenvalue weighted by Crippen LogP contribution is 2.19. The molecule has 0 aromatic heterocycles. The molecule has 0 aliphatic heterocycles. The summed E-state index contributed by atoms with van der Waals surface area (Å²) in [7, 11) is 0. The lowest BCUT2D eigenvalue weighted by Gasteiger charge is -2.16. The van der Waals surface area contributed by atoms with Gasteiger partial charge in [0.2, 0.25) is 0 Å². The quantitative estimate of drug-likeness (QED) is 0.187. The van der Waals surface area contributed by atoms with E-state index in [1.807, 2.05) is 0 Å². The van der Waals surface area contributed by atoms with Gasteiger partial charge >= 0.3 is 0 Å². The van der Waals surface area contributed by atoms with Crippen molar-refractivity contribution in [1.82, 2.24) is 0 Å². The van der Waals surface area contributed by atoms with E-state index in [1.165, 1.54) is 46.3 Å². The molecule has 2 N–H and O–H groups in total. The van der Waals surface area contributed by atoms with Crippen LogP contribution >= 0.6 is 0 Å². The van der Waals surface area contributed by atoms with Crippen LogP contribution in [0, 0.1) is 0 Å². The Morgan fingerprint density at radius 1 is 0.553 bits per heavy atom. The second-order valence-corrected chi connectivity index (χ2v) is 11.5. The number of aliphatic hydroxyl groups is 2. The zero-order valence-corrected chi connectivity index (χ0v) is 25.5. The Kier molecular flexibility index (Phi) is 17.7. The van der Waals surface area contributed by atoms with Crippen LogP contribution in [0.2, 0.25) is 0 Å². The first-order valence-corrected chi connectivity index (χ1v) is 14.7. The van der Waals surface area contributed by atoms with Gasteiger partial charge in [-0.2, -0.15) is 0 Å². The van der Waals surface area contributed by atoms with Crippen molar-refractivity contribution in [3.05, 3.63) is 93.7 Å². The fraction of sp³-hybridized carbons (Fsp3) is 0.556. The van der Waals surface area contributed by atoms with Crippen LogP contribution in [0.25, 0.3) is 0 Å². The summed E-state index contributed by atoms with van der Waals surface area (Å²) in [4.78, 5) is 0. The molecule has 0 saturated heterocycles. The van der Waals surface area contributed by atoms with Crippen molar-refractivity contribution in [2.24, 2.45) is 0 Å². The number of hydrogen-bond acceptors (Lipinski definition) is 2. The molecule has 0 heterocycles. The van der Waals surface area contributed by atoms with E-state index in [0.717, 1.165) is 56.9 Å². The van der Waals surface area contributed by atoms with Gasteiger partial charge in [0.1, 0.15) is 0 Å². The number of aliphatic hydroxyl groups excluding tert-OH is 2. The summed E-state index contributed by atoms with van der Waals surface area (Å²) in [5, 5.41) is 19.7. The molecule has 0 bridgehead atoms. The molecule has 1 aliphatic rings. The fourth-order valence-corrected chi connectivity index (χ4v) is 4.48. The Balaban J connectivity index is 2.26. The van der Waals surface area contributed by atoms with Gasteiger partial charge in [-0.05, 0) is 131 Å². The summed E-state index contributed by atoms with van der Waals surface area (Å²) >= 11 is 0. The molecule has 1 rings (SSSR count). The van der Waals surface area contributed by atoms with E-state index in [4.69, 9.17) is 0 Å². The Labute approximate surface area is 235 Å². The van der Waals surface area contributed by atoms with Gasteiger partial charge in [-0.25, -0.2) is 0 Å². The van der Waals surface area contributed by atoms with Crippen molar-refractivity contribution in [3.8, 4) is 0 Å². The molecule has 0 aromatic carbocycles. The number of rotatable bonds is 17. The summed E-state index contributed by atoms with van der Waals surface area (Å²) < 4.78 is 0. The predicted molar refractivity (Wildman–Crippen MR) is 168 cm³/mol. The van der Waals surface area contributed by atoms with Crippen molar-refractivity contribution in [2.75, 3.05) is 0 Å². The molecule has 2 atom stereocenters. The van der Waals surface area contributed by atoms with Gasteiger partial charge in [-0.1, -0.05) is 82.0 Å². The smallest absolute Gasteiger partial charge is 0.0936 e. The van der Waals surface area contributed by atoms with Crippen LogP contribution in [-0.2, 0) is 0 Å². The third kappa shape index (κ3) is 17.4. The molecule has 212 valence electrons. The zero-order valence-electron chi connectivity index (χ0n) is 25.5. The molecule has 0 spiro atoms. The first-order valence-electron chi connectivity index (χ1n) is 14.7. The highest BCUT2D eigenvalue weighted by Gasteiger charge is 2.12. The van der Waals surface area contributed by atoms with E-state index in [0.29, 0.717) is 6.42 Å². The number of hydrogen-bond donors (Lipinski definition) is 2. The molecule has 0 radical (unpaired) electrons. The van der Waals surface area contributed by atoms with Crippen LogP contribution in [0.4, 0.5) is 0 Å². The van der Waals surface area contributed by atoms with Crippen molar-refractivity contribution in [3.63, 3.8) is 0 Å². The van der Waals surface area contributed by atoms with Gasteiger partial charge in [-0.15, -0.1) is 0 Å². The van der Waals surface area contributed by atoms with E-state index in [-0.39, 0.29) is 0 Å². The normalized spacial score (nSPS) is 19.6. The third-order valence-electron chi connectivity index (χ3n) is 7.16. The second-order valence-electron chi connectivity index (χ2n) is 11.5. The standard InChI is InChI=1S/C36H56O2/c1-28(2)13-8-14-29(3)15-9-16-30(4)17-10-18-31(5)19-11-20-32(6)21-12-22-33(7)23-24-34-27-35(37)25-26-36(34)38/h13,15,17,19,21,23,25-27,35-38H,8-12,14,16,18,20,22,24H2,1-7H3/b29-15+,30-17+,31-19+,32-21+,33-23+. The monoisotopic (exact) mass is 520 g/mol. The van der Waals surface area contributed by atoms with E-state index in [9.17, 15) is 10.2 Å². The molecular weight excluding hydrogens is 464 g/mol. The molecule has 0 fully saturated rings. The average molecular weight is 521 g/mol. The van der Waals surface area contributed by atoms with Gasteiger partial charge in [0.25, 0.3) is 0 Å². The average Bonchev–Trinajstić information content (AvgIpc) is 2.84. The molecule has 0 aromatic rings. The van der Waals surface area contributed by atoms with Crippen LogP contribution < -0.4 is 0 Å². The molecule has 2 nitrogen and oxygen atoms in total. The van der Waals surface area contributed by atoms with Crippen molar-refractivity contribution < 1.29 is 10.2 Å². The van der Waals surface area contributed by atoms with Gasteiger partial charge in [0.05, 0.1) is 12.2 Å². The maximum absolute atomic E-state index is 10.0. The van der Waals surface area contributed by atoms with Crippen LogP contribution in [0.3, 0.4) is 0 Å². The van der Waals surface area contributed by atoms with E-state index in [2.05, 4.69) is 84.9 Å². The molecule has 2 unspecified atom stereocenters. The lowest BCUT2D eigenvalue weighted by molar-refractivity contribution is 0.228. The maximum atomic E-state index is 10.0.